The van der Waals surface area contributed by atoms with Crippen LogP contribution in [-0.4, -0.2) is 50.7 Å². The van der Waals surface area contributed by atoms with Crippen LogP contribution in [0.5, 0.6) is 0 Å². The molecular weight excluding hydrogens is 266 g/mol. The molecule has 0 radical (unpaired) electrons. The summed E-state index contributed by atoms with van der Waals surface area (Å²) in [5.41, 5.74) is 2.17. The second-order valence-corrected chi connectivity index (χ2v) is 5.69. The summed E-state index contributed by atoms with van der Waals surface area (Å²) in [6, 6.07) is 4.46. The van der Waals surface area contributed by atoms with Crippen molar-refractivity contribution in [3.05, 3.63) is 29.7 Å². The van der Waals surface area contributed by atoms with Crippen molar-refractivity contribution in [2.24, 2.45) is 7.05 Å². The first kappa shape index (κ1) is 13.9. The predicted molar refractivity (Wildman–Crippen MR) is 79.7 cm³/mol. The molecule has 0 N–H and O–H groups in total. The minimum Gasteiger partial charge on any atom is -0.361 e. The lowest BCUT2D eigenvalue weighted by molar-refractivity contribution is 0.237. The molecule has 1 fully saturated rings. The first-order chi connectivity index (χ1) is 10.1. The molecule has 0 saturated carbocycles. The number of rotatable bonds is 4. The summed E-state index contributed by atoms with van der Waals surface area (Å²) in [4.78, 5) is 4.39. The minimum atomic E-state index is 0.337. The van der Waals surface area contributed by atoms with Crippen LogP contribution in [0.3, 0.4) is 0 Å². The van der Waals surface area contributed by atoms with Gasteiger partial charge in [0.2, 0.25) is 0 Å². The van der Waals surface area contributed by atoms with Crippen LogP contribution >= 0.6 is 0 Å². The Kier molecular flexibility index (Phi) is 3.83. The zero-order valence-electron chi connectivity index (χ0n) is 12.8. The summed E-state index contributed by atoms with van der Waals surface area (Å²) in [5, 5.41) is 16.6. The van der Waals surface area contributed by atoms with Crippen LogP contribution in [0.15, 0.2) is 18.3 Å². The summed E-state index contributed by atoms with van der Waals surface area (Å²) < 4.78 is 1.83. The number of anilines is 1. The topological polar surface area (TPSA) is 63.0 Å². The number of nitrogens with zero attached hydrogens (tertiary/aromatic N) is 7. The molecule has 0 bridgehead atoms. The van der Waals surface area contributed by atoms with E-state index in [-0.39, 0.29) is 0 Å². The van der Waals surface area contributed by atoms with E-state index in [2.05, 4.69) is 31.5 Å². The van der Waals surface area contributed by atoms with Crippen molar-refractivity contribution < 1.29 is 0 Å². The van der Waals surface area contributed by atoms with Crippen LogP contribution in [0.1, 0.15) is 30.3 Å². The molecule has 1 aliphatic heterocycles. The fraction of sp³-hybridized carbons (Fsp3) is 0.571. The number of hydrogen-bond donors (Lipinski definition) is 0. The van der Waals surface area contributed by atoms with Gasteiger partial charge >= 0.3 is 0 Å². The van der Waals surface area contributed by atoms with Gasteiger partial charge in [0.1, 0.15) is 0 Å². The van der Waals surface area contributed by atoms with Gasteiger partial charge < -0.3 is 4.90 Å². The molecule has 2 aromatic rings. The maximum absolute atomic E-state index is 4.41. The van der Waals surface area contributed by atoms with Crippen LogP contribution in [0, 0.1) is 0 Å². The smallest absolute Gasteiger partial charge is 0.150 e. The van der Waals surface area contributed by atoms with Crippen molar-refractivity contribution in [2.45, 2.75) is 25.4 Å². The molecule has 0 amide bonds. The van der Waals surface area contributed by atoms with Crippen LogP contribution < -0.4 is 4.90 Å². The zero-order valence-corrected chi connectivity index (χ0v) is 12.8. The first-order valence-corrected chi connectivity index (χ1v) is 7.23. The monoisotopic (exact) mass is 287 g/mol. The fourth-order valence-corrected chi connectivity index (χ4v) is 2.76. The molecular formula is C14H21N7. The van der Waals surface area contributed by atoms with E-state index in [1.807, 2.05) is 43.0 Å². The highest BCUT2D eigenvalue weighted by atomic mass is 15.4. The van der Waals surface area contributed by atoms with Gasteiger partial charge in [0.25, 0.3) is 0 Å². The Bertz CT molecular complexity index is 590. The summed E-state index contributed by atoms with van der Waals surface area (Å²) in [6.45, 7) is 1.93. The third-order valence-corrected chi connectivity index (χ3v) is 4.01. The Morgan fingerprint density at radius 2 is 2.14 bits per heavy atom. The molecule has 2 aromatic heterocycles. The van der Waals surface area contributed by atoms with E-state index in [0.717, 1.165) is 36.7 Å². The van der Waals surface area contributed by atoms with Crippen molar-refractivity contribution in [1.29, 1.82) is 0 Å². The standard InChI is InChI=1S/C14H21N7/c1-19(2)14-7-6-12(16-17-14)13-5-4-8-21(13)10-11-9-15-18-20(11)3/h6-7,9,13H,4-5,8,10H2,1-3H3. The molecule has 0 aliphatic carbocycles. The van der Waals surface area contributed by atoms with E-state index in [4.69, 9.17) is 0 Å². The minimum absolute atomic E-state index is 0.337. The Morgan fingerprint density at radius 3 is 2.76 bits per heavy atom. The second kappa shape index (κ2) is 5.77. The predicted octanol–water partition coefficient (Wildman–Crippen LogP) is 1.01. The molecule has 3 heterocycles. The lowest BCUT2D eigenvalue weighted by Crippen LogP contribution is -2.25. The summed E-state index contributed by atoms with van der Waals surface area (Å²) in [6.07, 6.45) is 4.14. The lowest BCUT2D eigenvalue weighted by Gasteiger charge is -2.23. The van der Waals surface area contributed by atoms with Crippen molar-refractivity contribution in [1.82, 2.24) is 30.1 Å². The Morgan fingerprint density at radius 1 is 1.29 bits per heavy atom. The van der Waals surface area contributed by atoms with Gasteiger partial charge in [-0.15, -0.1) is 10.2 Å². The Hall–Kier alpha value is -2.02. The van der Waals surface area contributed by atoms with Crippen LogP contribution in [0.4, 0.5) is 5.82 Å². The molecule has 1 atom stereocenters. The van der Waals surface area contributed by atoms with Gasteiger partial charge in [0, 0.05) is 27.7 Å². The van der Waals surface area contributed by atoms with Crippen molar-refractivity contribution in [3.8, 4) is 0 Å². The van der Waals surface area contributed by atoms with E-state index in [9.17, 15) is 0 Å². The molecule has 112 valence electrons. The van der Waals surface area contributed by atoms with Crippen LogP contribution in [0.25, 0.3) is 0 Å². The molecule has 7 heteroatoms. The largest absolute Gasteiger partial charge is 0.361 e. The van der Waals surface area contributed by atoms with Crippen LogP contribution in [-0.2, 0) is 13.6 Å². The maximum Gasteiger partial charge on any atom is 0.150 e. The van der Waals surface area contributed by atoms with Crippen molar-refractivity contribution in [3.63, 3.8) is 0 Å². The van der Waals surface area contributed by atoms with Gasteiger partial charge in [-0.3, -0.25) is 9.58 Å². The quantitative estimate of drug-likeness (QED) is 0.836. The normalized spacial score (nSPS) is 19.1. The van der Waals surface area contributed by atoms with Gasteiger partial charge in [-0.05, 0) is 31.5 Å². The Balaban J connectivity index is 1.76. The van der Waals surface area contributed by atoms with E-state index in [1.165, 1.54) is 6.42 Å². The third kappa shape index (κ3) is 2.87. The number of aromatic nitrogens is 5. The highest BCUT2D eigenvalue weighted by molar-refractivity contribution is 5.35. The SMILES string of the molecule is CN(C)c1ccc(C2CCCN2Cc2cnnn2C)nn1. The van der Waals surface area contributed by atoms with Gasteiger partial charge in [-0.25, -0.2) is 0 Å². The molecule has 1 saturated heterocycles. The number of likely N-dealkylation sites (tertiary alicyclic amines) is 1. The molecule has 21 heavy (non-hydrogen) atoms. The van der Waals surface area contributed by atoms with E-state index < -0.39 is 0 Å². The van der Waals surface area contributed by atoms with Gasteiger partial charge in [-0.2, -0.15) is 5.10 Å². The average Bonchev–Trinajstić information content (AvgIpc) is 3.09. The summed E-state index contributed by atoms with van der Waals surface area (Å²) >= 11 is 0. The first-order valence-electron chi connectivity index (χ1n) is 7.23. The third-order valence-electron chi connectivity index (χ3n) is 4.01. The molecule has 1 unspecified atom stereocenters. The molecule has 0 spiro atoms. The summed E-state index contributed by atoms with van der Waals surface area (Å²) in [5.74, 6) is 0.888. The van der Waals surface area contributed by atoms with Crippen molar-refractivity contribution >= 4 is 5.82 Å². The zero-order chi connectivity index (χ0) is 14.8. The van der Waals surface area contributed by atoms with Crippen molar-refractivity contribution in [2.75, 3.05) is 25.5 Å². The Labute approximate surface area is 124 Å². The summed E-state index contributed by atoms with van der Waals surface area (Å²) in [7, 11) is 5.88. The number of hydrogen-bond acceptors (Lipinski definition) is 6. The molecule has 0 aromatic carbocycles. The maximum atomic E-state index is 4.41. The van der Waals surface area contributed by atoms with E-state index in [1.54, 1.807) is 0 Å². The van der Waals surface area contributed by atoms with Gasteiger partial charge in [0.05, 0.1) is 23.6 Å². The second-order valence-electron chi connectivity index (χ2n) is 5.69. The average molecular weight is 287 g/mol. The van der Waals surface area contributed by atoms with Crippen LogP contribution in [0.2, 0.25) is 0 Å². The molecule has 3 rings (SSSR count). The molecule has 1 aliphatic rings. The highest BCUT2D eigenvalue weighted by Gasteiger charge is 2.28. The lowest BCUT2D eigenvalue weighted by atomic mass is 10.1. The van der Waals surface area contributed by atoms with E-state index in [0.29, 0.717) is 6.04 Å². The van der Waals surface area contributed by atoms with E-state index >= 15 is 0 Å². The number of aryl methyl sites for hydroxylation is 1. The van der Waals surface area contributed by atoms with Gasteiger partial charge in [0.15, 0.2) is 5.82 Å². The highest BCUT2D eigenvalue weighted by Crippen LogP contribution is 2.31. The fourth-order valence-electron chi connectivity index (χ4n) is 2.76. The van der Waals surface area contributed by atoms with Gasteiger partial charge in [-0.1, -0.05) is 5.21 Å². The molecule has 7 nitrogen and oxygen atoms in total.